The average Bonchev–Trinajstić information content (AvgIpc) is 2.87. The number of nitrogens with two attached hydrogens (primary N) is 1. The van der Waals surface area contributed by atoms with Gasteiger partial charge in [0.2, 0.25) is 5.91 Å². The maximum atomic E-state index is 10.7. The number of carbonyl (C=O) groups is 1. The van der Waals surface area contributed by atoms with Gasteiger partial charge in [0.25, 0.3) is 0 Å². The molecule has 1 atom stereocenters. The van der Waals surface area contributed by atoms with Crippen LogP contribution in [0.1, 0.15) is 17.8 Å². The van der Waals surface area contributed by atoms with Crippen molar-refractivity contribution >= 4 is 22.9 Å². The molecule has 1 unspecified atom stereocenters. The van der Waals surface area contributed by atoms with Crippen LogP contribution >= 0.6 is 11.3 Å². The summed E-state index contributed by atoms with van der Waals surface area (Å²) >= 11 is 1.70. The van der Waals surface area contributed by atoms with Gasteiger partial charge in [0.15, 0.2) is 0 Å². The minimum absolute atomic E-state index is 0.106. The zero-order valence-corrected chi connectivity index (χ0v) is 10.3. The number of amides is 1. The van der Waals surface area contributed by atoms with Crippen LogP contribution in [0.4, 0.5) is 5.69 Å². The van der Waals surface area contributed by atoms with E-state index in [4.69, 9.17) is 5.73 Å². The van der Waals surface area contributed by atoms with E-state index in [0.29, 0.717) is 0 Å². The lowest BCUT2D eigenvalue weighted by Gasteiger charge is -2.11. The Balaban J connectivity index is 1.99. The van der Waals surface area contributed by atoms with Crippen molar-refractivity contribution < 1.29 is 4.79 Å². The van der Waals surface area contributed by atoms with Gasteiger partial charge in [0.05, 0.1) is 17.9 Å². The number of aromatic nitrogens is 2. The first-order valence-electron chi connectivity index (χ1n) is 5.26. The van der Waals surface area contributed by atoms with Gasteiger partial charge in [-0.05, 0) is 18.4 Å². The van der Waals surface area contributed by atoms with E-state index < -0.39 is 5.91 Å². The van der Waals surface area contributed by atoms with E-state index in [1.807, 2.05) is 11.4 Å². The molecule has 2 aromatic heterocycles. The normalized spacial score (nSPS) is 12.3. The molecule has 17 heavy (non-hydrogen) atoms. The Labute approximate surface area is 103 Å². The number of carbonyl (C=O) groups excluding carboxylic acids is 1. The van der Waals surface area contributed by atoms with E-state index in [1.54, 1.807) is 23.7 Å². The molecule has 2 aromatic rings. The van der Waals surface area contributed by atoms with Crippen LogP contribution in [0.3, 0.4) is 0 Å². The third-order valence-corrected chi connectivity index (χ3v) is 3.36. The highest BCUT2D eigenvalue weighted by Gasteiger charge is 2.07. The van der Waals surface area contributed by atoms with Crippen LogP contribution in [-0.2, 0) is 11.3 Å². The fourth-order valence-corrected chi connectivity index (χ4v) is 2.28. The van der Waals surface area contributed by atoms with Gasteiger partial charge in [-0.2, -0.15) is 5.10 Å². The first-order chi connectivity index (χ1) is 8.15. The third kappa shape index (κ3) is 3.07. The predicted molar refractivity (Wildman–Crippen MR) is 67.8 cm³/mol. The van der Waals surface area contributed by atoms with Crippen molar-refractivity contribution in [1.82, 2.24) is 9.78 Å². The van der Waals surface area contributed by atoms with Gasteiger partial charge in [-0.25, -0.2) is 0 Å². The van der Waals surface area contributed by atoms with Crippen molar-refractivity contribution in [3.63, 3.8) is 0 Å². The number of hydrogen-bond acceptors (Lipinski definition) is 4. The Morgan fingerprint density at radius 3 is 3.18 bits per heavy atom. The zero-order valence-electron chi connectivity index (χ0n) is 9.46. The maximum absolute atomic E-state index is 10.7. The number of rotatable bonds is 5. The molecule has 90 valence electrons. The van der Waals surface area contributed by atoms with Gasteiger partial charge < -0.3 is 11.1 Å². The lowest BCUT2D eigenvalue weighted by molar-refractivity contribution is -0.118. The zero-order chi connectivity index (χ0) is 12.3. The van der Waals surface area contributed by atoms with Crippen molar-refractivity contribution in [1.29, 1.82) is 0 Å². The average molecular weight is 250 g/mol. The number of thiophene rings is 1. The summed E-state index contributed by atoms with van der Waals surface area (Å²) in [6.07, 6.45) is 3.46. The summed E-state index contributed by atoms with van der Waals surface area (Å²) < 4.78 is 1.52. The lowest BCUT2D eigenvalue weighted by atomic mass is 10.3. The highest BCUT2D eigenvalue weighted by atomic mass is 32.1. The standard InChI is InChI=1S/C11H14N4OS/c1-8(10-3-2-4-17-10)14-9-5-13-15(6-9)7-11(12)16/h2-6,8,14H,7H2,1H3,(H2,12,16). The van der Waals surface area contributed by atoms with Crippen LogP contribution in [0.2, 0.25) is 0 Å². The largest absolute Gasteiger partial charge is 0.375 e. The van der Waals surface area contributed by atoms with E-state index in [-0.39, 0.29) is 12.6 Å². The highest BCUT2D eigenvalue weighted by molar-refractivity contribution is 7.10. The van der Waals surface area contributed by atoms with E-state index in [2.05, 4.69) is 23.4 Å². The molecule has 1 amide bonds. The van der Waals surface area contributed by atoms with Crippen LogP contribution in [0.5, 0.6) is 0 Å². The van der Waals surface area contributed by atoms with Crippen LogP contribution in [0.15, 0.2) is 29.9 Å². The Morgan fingerprint density at radius 1 is 1.71 bits per heavy atom. The first kappa shape index (κ1) is 11.7. The quantitative estimate of drug-likeness (QED) is 0.846. The summed E-state index contributed by atoms with van der Waals surface area (Å²) in [7, 11) is 0. The summed E-state index contributed by atoms with van der Waals surface area (Å²) in [5.41, 5.74) is 5.98. The second-order valence-corrected chi connectivity index (χ2v) is 4.75. The van der Waals surface area contributed by atoms with Crippen molar-refractivity contribution in [2.24, 2.45) is 5.73 Å². The van der Waals surface area contributed by atoms with Gasteiger partial charge in [-0.3, -0.25) is 9.48 Å². The Hall–Kier alpha value is -1.82. The van der Waals surface area contributed by atoms with Crippen molar-refractivity contribution in [3.05, 3.63) is 34.8 Å². The molecule has 2 rings (SSSR count). The molecule has 2 heterocycles. The van der Waals surface area contributed by atoms with Crippen molar-refractivity contribution in [2.45, 2.75) is 19.5 Å². The molecular weight excluding hydrogens is 236 g/mol. The molecular formula is C11H14N4OS. The Bertz CT molecular complexity index is 491. The van der Waals surface area contributed by atoms with Crippen molar-refractivity contribution in [2.75, 3.05) is 5.32 Å². The fourth-order valence-electron chi connectivity index (χ4n) is 1.54. The molecule has 0 aliphatic carbocycles. The molecule has 6 heteroatoms. The SMILES string of the molecule is CC(Nc1cnn(CC(N)=O)c1)c1cccs1. The van der Waals surface area contributed by atoms with Crippen LogP contribution < -0.4 is 11.1 Å². The second kappa shape index (κ2) is 5.01. The van der Waals surface area contributed by atoms with Gasteiger partial charge in [0, 0.05) is 11.1 Å². The minimum Gasteiger partial charge on any atom is -0.375 e. The fraction of sp³-hybridized carbons (Fsp3) is 0.273. The molecule has 0 aromatic carbocycles. The van der Waals surface area contributed by atoms with Crippen LogP contribution in [-0.4, -0.2) is 15.7 Å². The summed E-state index contributed by atoms with van der Waals surface area (Å²) in [4.78, 5) is 12.0. The van der Waals surface area contributed by atoms with E-state index >= 15 is 0 Å². The number of anilines is 1. The van der Waals surface area contributed by atoms with Gasteiger partial charge >= 0.3 is 0 Å². The van der Waals surface area contributed by atoms with Crippen molar-refractivity contribution in [3.8, 4) is 0 Å². The molecule has 0 radical (unpaired) electrons. The monoisotopic (exact) mass is 250 g/mol. The molecule has 0 aliphatic heterocycles. The summed E-state index contributed by atoms with van der Waals surface area (Å²) in [5.74, 6) is -0.397. The van der Waals surface area contributed by atoms with E-state index in [1.165, 1.54) is 9.56 Å². The topological polar surface area (TPSA) is 72.9 Å². The van der Waals surface area contributed by atoms with Gasteiger partial charge in [-0.1, -0.05) is 6.07 Å². The molecule has 3 N–H and O–H groups in total. The Morgan fingerprint density at radius 2 is 2.53 bits per heavy atom. The maximum Gasteiger partial charge on any atom is 0.239 e. The summed E-state index contributed by atoms with van der Waals surface area (Å²) in [6.45, 7) is 2.19. The molecule has 0 aliphatic rings. The molecule has 0 fully saturated rings. The molecule has 0 spiro atoms. The molecule has 0 saturated carbocycles. The smallest absolute Gasteiger partial charge is 0.239 e. The predicted octanol–water partition coefficient (Wildman–Crippen LogP) is 1.60. The second-order valence-electron chi connectivity index (χ2n) is 3.77. The minimum atomic E-state index is -0.397. The summed E-state index contributed by atoms with van der Waals surface area (Å²) in [5, 5.41) is 9.41. The highest BCUT2D eigenvalue weighted by Crippen LogP contribution is 2.22. The third-order valence-electron chi connectivity index (χ3n) is 2.30. The number of nitrogens with zero attached hydrogens (tertiary/aromatic N) is 2. The van der Waals surface area contributed by atoms with Gasteiger partial charge in [-0.15, -0.1) is 11.3 Å². The number of hydrogen-bond donors (Lipinski definition) is 2. The van der Waals surface area contributed by atoms with Crippen LogP contribution in [0.25, 0.3) is 0 Å². The summed E-state index contributed by atoms with van der Waals surface area (Å²) in [6, 6.07) is 4.33. The first-order valence-corrected chi connectivity index (χ1v) is 6.14. The van der Waals surface area contributed by atoms with Crippen LogP contribution in [0, 0.1) is 0 Å². The van der Waals surface area contributed by atoms with E-state index in [0.717, 1.165) is 5.69 Å². The lowest BCUT2D eigenvalue weighted by Crippen LogP contribution is -2.18. The molecule has 0 bridgehead atoms. The number of primary amides is 1. The molecule has 0 saturated heterocycles. The van der Waals surface area contributed by atoms with E-state index in [9.17, 15) is 4.79 Å². The Kier molecular flexibility index (Phi) is 3.43. The van der Waals surface area contributed by atoms with Gasteiger partial charge in [0.1, 0.15) is 6.54 Å². The molecule has 5 nitrogen and oxygen atoms in total. The number of nitrogens with one attached hydrogen (secondary N) is 1.